The largest absolute Gasteiger partial charge is 0.434 e. The summed E-state index contributed by atoms with van der Waals surface area (Å²) in [4.78, 5) is 29.6. The van der Waals surface area contributed by atoms with Crippen molar-refractivity contribution in [3.05, 3.63) is 52.2 Å². The van der Waals surface area contributed by atoms with Gasteiger partial charge < -0.3 is 10.1 Å². The molecule has 0 unspecified atom stereocenters. The first-order valence-electron chi connectivity index (χ1n) is 8.06. The van der Waals surface area contributed by atoms with Crippen LogP contribution >= 0.6 is 22.7 Å². The van der Waals surface area contributed by atoms with E-state index in [1.807, 2.05) is 12.1 Å². The summed E-state index contributed by atoms with van der Waals surface area (Å²) in [7, 11) is 0. The van der Waals surface area contributed by atoms with E-state index in [4.69, 9.17) is 0 Å². The van der Waals surface area contributed by atoms with Crippen molar-refractivity contribution in [2.24, 2.45) is 0 Å². The van der Waals surface area contributed by atoms with Gasteiger partial charge in [-0.1, -0.05) is 12.1 Å². The van der Waals surface area contributed by atoms with Crippen LogP contribution in [0.4, 0.5) is 13.9 Å². The van der Waals surface area contributed by atoms with E-state index in [2.05, 4.69) is 20.4 Å². The van der Waals surface area contributed by atoms with E-state index in [-0.39, 0.29) is 17.2 Å². The van der Waals surface area contributed by atoms with Crippen molar-refractivity contribution in [2.75, 3.05) is 5.32 Å². The fourth-order valence-corrected chi connectivity index (χ4v) is 3.97. The molecule has 0 radical (unpaired) electrons. The third-order valence-corrected chi connectivity index (χ3v) is 5.36. The molecule has 0 aliphatic rings. The first kappa shape index (κ1) is 19.9. The number of aromatic nitrogens is 1. The van der Waals surface area contributed by atoms with Crippen LogP contribution in [-0.2, 0) is 11.3 Å². The number of carbonyl (C=O) groups excluding carboxylic acids is 2. The Morgan fingerprint density at radius 3 is 2.75 bits per heavy atom. The molecule has 6 nitrogen and oxygen atoms in total. The predicted molar refractivity (Wildman–Crippen MR) is 104 cm³/mol. The molecule has 2 aromatic heterocycles. The maximum absolute atomic E-state index is 12.5. The second-order valence-electron chi connectivity index (χ2n) is 5.54. The minimum atomic E-state index is -3.02. The van der Waals surface area contributed by atoms with Gasteiger partial charge in [-0.15, -0.1) is 22.7 Å². The molecule has 0 atom stereocenters. The summed E-state index contributed by atoms with van der Waals surface area (Å²) < 4.78 is 29.4. The summed E-state index contributed by atoms with van der Waals surface area (Å²) in [5.74, 6) is -0.896. The Morgan fingerprint density at radius 1 is 1.21 bits per heavy atom. The minimum absolute atomic E-state index is 0.00623. The highest BCUT2D eigenvalue weighted by atomic mass is 32.1. The number of rotatable bonds is 7. The quantitative estimate of drug-likeness (QED) is 0.592. The lowest BCUT2D eigenvalue weighted by atomic mass is 10.2. The Hall–Kier alpha value is -2.85. The van der Waals surface area contributed by atoms with Crippen molar-refractivity contribution in [3.8, 4) is 16.3 Å². The normalized spacial score (nSPS) is 10.7. The van der Waals surface area contributed by atoms with Gasteiger partial charge in [-0.2, -0.15) is 8.78 Å². The number of halogens is 2. The van der Waals surface area contributed by atoms with Gasteiger partial charge in [0.1, 0.15) is 5.75 Å². The van der Waals surface area contributed by atoms with Crippen LogP contribution in [0.5, 0.6) is 5.75 Å². The zero-order valence-corrected chi connectivity index (χ0v) is 16.2. The van der Waals surface area contributed by atoms with Crippen LogP contribution in [0, 0.1) is 0 Å². The van der Waals surface area contributed by atoms with Crippen LogP contribution in [-0.4, -0.2) is 23.4 Å². The van der Waals surface area contributed by atoms with Crippen LogP contribution in [0.3, 0.4) is 0 Å². The summed E-state index contributed by atoms with van der Waals surface area (Å²) in [5.41, 5.74) is 0.671. The molecule has 0 aliphatic carbocycles. The monoisotopic (exact) mass is 423 g/mol. The lowest BCUT2D eigenvalue weighted by molar-refractivity contribution is -0.119. The van der Waals surface area contributed by atoms with Crippen molar-refractivity contribution in [2.45, 2.75) is 20.1 Å². The molecule has 28 heavy (non-hydrogen) atoms. The minimum Gasteiger partial charge on any atom is -0.434 e. The number of anilines is 1. The highest BCUT2D eigenvalue weighted by Gasteiger charge is 2.17. The number of para-hydroxylation sites is 1. The van der Waals surface area contributed by atoms with Gasteiger partial charge in [-0.05, 0) is 24.3 Å². The number of hydrogen-bond acceptors (Lipinski definition) is 6. The molecule has 10 heteroatoms. The van der Waals surface area contributed by atoms with Crippen molar-refractivity contribution in [1.29, 1.82) is 0 Å². The van der Waals surface area contributed by atoms with Gasteiger partial charge in [0.15, 0.2) is 5.13 Å². The van der Waals surface area contributed by atoms with E-state index in [1.165, 1.54) is 47.8 Å². The first-order chi connectivity index (χ1) is 13.4. The maximum atomic E-state index is 12.5. The van der Waals surface area contributed by atoms with Crippen molar-refractivity contribution < 1.29 is 23.1 Å². The highest BCUT2D eigenvalue weighted by Crippen LogP contribution is 2.31. The number of ether oxygens (including phenoxy) is 1. The molecule has 2 N–H and O–H groups in total. The fourth-order valence-electron chi connectivity index (χ4n) is 2.28. The van der Waals surface area contributed by atoms with Crippen LogP contribution < -0.4 is 15.4 Å². The average Bonchev–Trinajstić information content (AvgIpc) is 3.29. The van der Waals surface area contributed by atoms with Gasteiger partial charge in [0, 0.05) is 17.2 Å². The second kappa shape index (κ2) is 8.89. The van der Waals surface area contributed by atoms with Gasteiger partial charge in [-0.25, -0.2) is 4.98 Å². The summed E-state index contributed by atoms with van der Waals surface area (Å²) in [5, 5.41) is 7.45. The lowest BCUT2D eigenvalue weighted by Crippen LogP contribution is -2.17. The average molecular weight is 423 g/mol. The van der Waals surface area contributed by atoms with Crippen LogP contribution in [0.15, 0.2) is 41.8 Å². The van der Waals surface area contributed by atoms with Crippen LogP contribution in [0.1, 0.15) is 22.2 Å². The number of carbonyl (C=O) groups is 2. The summed E-state index contributed by atoms with van der Waals surface area (Å²) in [6.45, 7) is -1.13. The molecule has 0 saturated carbocycles. The zero-order chi connectivity index (χ0) is 20.1. The fraction of sp³-hybridized carbons (Fsp3) is 0.167. The number of benzene rings is 1. The molecule has 0 bridgehead atoms. The van der Waals surface area contributed by atoms with Gasteiger partial charge in [0.2, 0.25) is 5.91 Å². The Bertz CT molecular complexity index is 988. The molecule has 146 valence electrons. The molecule has 2 heterocycles. The molecule has 0 aliphatic heterocycles. The number of hydrogen-bond donors (Lipinski definition) is 2. The Kier molecular flexibility index (Phi) is 6.32. The van der Waals surface area contributed by atoms with Gasteiger partial charge in [0.25, 0.3) is 5.91 Å². The van der Waals surface area contributed by atoms with Crippen LogP contribution in [0.2, 0.25) is 0 Å². The molecule has 0 saturated heterocycles. The number of alkyl halides is 2. The molecule has 2 amide bonds. The smallest absolute Gasteiger partial charge is 0.387 e. The molecule has 0 fully saturated rings. The maximum Gasteiger partial charge on any atom is 0.387 e. The van der Waals surface area contributed by atoms with Crippen molar-refractivity contribution >= 4 is 39.6 Å². The van der Waals surface area contributed by atoms with Gasteiger partial charge >= 0.3 is 6.61 Å². The third-order valence-electron chi connectivity index (χ3n) is 3.50. The second-order valence-corrected chi connectivity index (χ2v) is 7.57. The van der Waals surface area contributed by atoms with Gasteiger partial charge in [-0.3, -0.25) is 14.9 Å². The SMILES string of the molecule is CC(=O)NCc1ccc(-c2csc(NC(=O)c3ccccc3OC(F)F)n2)s1. The molecule has 3 aromatic rings. The number of thiophene rings is 1. The first-order valence-corrected chi connectivity index (χ1v) is 9.76. The zero-order valence-electron chi connectivity index (χ0n) is 14.6. The molecule has 1 aromatic carbocycles. The number of nitrogens with zero attached hydrogens (tertiary/aromatic N) is 1. The highest BCUT2D eigenvalue weighted by molar-refractivity contribution is 7.17. The molecule has 0 spiro atoms. The predicted octanol–water partition coefficient (Wildman–Crippen LogP) is 4.36. The Labute approximate surface area is 167 Å². The van der Waals surface area contributed by atoms with E-state index in [1.54, 1.807) is 11.4 Å². The lowest BCUT2D eigenvalue weighted by Gasteiger charge is -2.09. The van der Waals surface area contributed by atoms with E-state index < -0.39 is 12.5 Å². The van der Waals surface area contributed by atoms with E-state index in [0.29, 0.717) is 17.4 Å². The van der Waals surface area contributed by atoms with E-state index >= 15 is 0 Å². The number of nitrogens with one attached hydrogen (secondary N) is 2. The Morgan fingerprint density at radius 2 is 2.00 bits per heavy atom. The summed E-state index contributed by atoms with van der Waals surface area (Å²) in [6.07, 6.45) is 0. The molecular formula is C18H15F2N3O3S2. The van der Waals surface area contributed by atoms with E-state index in [9.17, 15) is 18.4 Å². The molecule has 3 rings (SSSR count). The van der Waals surface area contributed by atoms with Gasteiger partial charge in [0.05, 0.1) is 22.7 Å². The topological polar surface area (TPSA) is 80.3 Å². The van der Waals surface area contributed by atoms with Crippen LogP contribution in [0.25, 0.3) is 10.6 Å². The number of amides is 2. The Balaban J connectivity index is 1.70. The molecular weight excluding hydrogens is 408 g/mol. The summed E-state index contributed by atoms with van der Waals surface area (Å²) in [6, 6.07) is 9.54. The van der Waals surface area contributed by atoms with Crippen molar-refractivity contribution in [1.82, 2.24) is 10.3 Å². The standard InChI is InChI=1S/C18H15F2N3O3S2/c1-10(24)21-8-11-6-7-15(28-11)13-9-27-18(22-13)23-16(25)12-4-2-3-5-14(12)26-17(19)20/h2-7,9,17H,8H2,1H3,(H,21,24)(H,22,23,25). The van der Waals surface area contributed by atoms with E-state index in [0.717, 1.165) is 9.75 Å². The number of thiazole rings is 1. The summed E-state index contributed by atoms with van der Waals surface area (Å²) >= 11 is 2.70. The third kappa shape index (κ3) is 5.11. The van der Waals surface area contributed by atoms with Crippen molar-refractivity contribution in [3.63, 3.8) is 0 Å².